The fraction of sp³-hybridized carbons (Fsp3) is 0. The largest absolute Gasteiger partial charge is 0.245 e. The average molecular weight is 304 g/mol. The summed E-state index contributed by atoms with van der Waals surface area (Å²) >= 11 is 15.0. The quantitative estimate of drug-likeness (QED) is 0.737. The molecule has 5 heteroatoms. The van der Waals surface area contributed by atoms with Crippen molar-refractivity contribution in [1.82, 2.24) is 9.97 Å². The second kappa shape index (κ2) is 4.47. The molecule has 0 fully saturated rings. The molecule has 0 bridgehead atoms. The minimum absolute atomic E-state index is 0.445. The topological polar surface area (TPSA) is 25.8 Å². The highest BCUT2D eigenvalue weighted by molar-refractivity contribution is 9.10. The molecule has 2 aromatic heterocycles. The molecule has 0 aliphatic heterocycles. The summed E-state index contributed by atoms with van der Waals surface area (Å²) in [7, 11) is 0. The van der Waals surface area contributed by atoms with E-state index < -0.39 is 0 Å². The van der Waals surface area contributed by atoms with Crippen molar-refractivity contribution in [2.75, 3.05) is 0 Å². The van der Waals surface area contributed by atoms with Crippen molar-refractivity contribution in [2.45, 2.75) is 0 Å². The average Bonchev–Trinajstić information content (AvgIpc) is 2.22. The maximum absolute atomic E-state index is 5.83. The third-order valence-electron chi connectivity index (χ3n) is 1.86. The van der Waals surface area contributed by atoms with Crippen LogP contribution in [-0.2, 0) is 0 Å². The van der Waals surface area contributed by atoms with Crippen LogP contribution in [0.25, 0.3) is 11.1 Å². The summed E-state index contributed by atoms with van der Waals surface area (Å²) in [5, 5.41) is 0.897. The molecule has 0 saturated carbocycles. The van der Waals surface area contributed by atoms with E-state index in [-0.39, 0.29) is 0 Å². The first-order valence-electron chi connectivity index (χ1n) is 4.10. The fourth-order valence-electron chi connectivity index (χ4n) is 1.20. The molecule has 0 saturated heterocycles. The standard InChI is InChI=1S/C10H5BrCl2N2/c11-8-5-15-10(13)4-7(8)6-1-2-14-9(12)3-6/h1-5H. The molecular formula is C10H5BrCl2N2. The van der Waals surface area contributed by atoms with Crippen molar-refractivity contribution in [2.24, 2.45) is 0 Å². The van der Waals surface area contributed by atoms with Gasteiger partial charge in [-0.25, -0.2) is 9.97 Å². The second-order valence-electron chi connectivity index (χ2n) is 2.85. The van der Waals surface area contributed by atoms with Crippen LogP contribution in [0.3, 0.4) is 0 Å². The van der Waals surface area contributed by atoms with Crippen molar-refractivity contribution >= 4 is 39.1 Å². The molecule has 0 radical (unpaired) electrons. The maximum Gasteiger partial charge on any atom is 0.129 e. The number of aromatic nitrogens is 2. The minimum atomic E-state index is 0.445. The van der Waals surface area contributed by atoms with Gasteiger partial charge in [-0.3, -0.25) is 0 Å². The molecule has 0 N–H and O–H groups in total. The van der Waals surface area contributed by atoms with Crippen LogP contribution in [0.5, 0.6) is 0 Å². The summed E-state index contributed by atoms with van der Waals surface area (Å²) in [6.07, 6.45) is 3.31. The van der Waals surface area contributed by atoms with E-state index >= 15 is 0 Å². The van der Waals surface area contributed by atoms with Gasteiger partial charge < -0.3 is 0 Å². The van der Waals surface area contributed by atoms with Crippen LogP contribution in [0.1, 0.15) is 0 Å². The van der Waals surface area contributed by atoms with Gasteiger partial charge in [0.1, 0.15) is 10.3 Å². The Balaban J connectivity index is 2.58. The van der Waals surface area contributed by atoms with Gasteiger partial charge in [0.25, 0.3) is 0 Å². The summed E-state index contributed by atoms with van der Waals surface area (Å²) in [5.74, 6) is 0. The molecule has 0 aliphatic carbocycles. The third kappa shape index (κ3) is 2.48. The minimum Gasteiger partial charge on any atom is -0.245 e. The predicted molar refractivity (Wildman–Crippen MR) is 65.2 cm³/mol. The highest BCUT2D eigenvalue weighted by Gasteiger charge is 2.05. The SMILES string of the molecule is Clc1cc(-c2cc(Cl)ncc2Br)ccn1. The Morgan fingerprint density at radius 1 is 1.07 bits per heavy atom. The van der Waals surface area contributed by atoms with E-state index in [0.29, 0.717) is 10.3 Å². The Hall–Kier alpha value is -0.640. The van der Waals surface area contributed by atoms with Gasteiger partial charge in [0.05, 0.1) is 0 Å². The summed E-state index contributed by atoms with van der Waals surface area (Å²) in [5.41, 5.74) is 1.89. The number of hydrogen-bond acceptors (Lipinski definition) is 2. The number of hydrogen-bond donors (Lipinski definition) is 0. The number of rotatable bonds is 1. The summed E-state index contributed by atoms with van der Waals surface area (Å²) < 4.78 is 0.870. The van der Waals surface area contributed by atoms with E-state index in [4.69, 9.17) is 23.2 Å². The molecule has 2 nitrogen and oxygen atoms in total. The van der Waals surface area contributed by atoms with Crippen LogP contribution < -0.4 is 0 Å². The molecule has 76 valence electrons. The number of halogens is 3. The smallest absolute Gasteiger partial charge is 0.129 e. The van der Waals surface area contributed by atoms with Crippen molar-refractivity contribution in [3.8, 4) is 11.1 Å². The van der Waals surface area contributed by atoms with E-state index in [1.54, 1.807) is 24.5 Å². The van der Waals surface area contributed by atoms with Crippen molar-refractivity contribution in [3.05, 3.63) is 45.4 Å². The molecule has 0 unspecified atom stereocenters. The molecule has 2 heterocycles. The lowest BCUT2D eigenvalue weighted by Crippen LogP contribution is -1.84. The van der Waals surface area contributed by atoms with Crippen LogP contribution in [0, 0.1) is 0 Å². The van der Waals surface area contributed by atoms with Crippen molar-refractivity contribution in [3.63, 3.8) is 0 Å². The van der Waals surface area contributed by atoms with Gasteiger partial charge in [-0.2, -0.15) is 0 Å². The van der Waals surface area contributed by atoms with E-state index in [9.17, 15) is 0 Å². The first kappa shape index (κ1) is 10.9. The highest BCUT2D eigenvalue weighted by atomic mass is 79.9. The van der Waals surface area contributed by atoms with Gasteiger partial charge >= 0.3 is 0 Å². The van der Waals surface area contributed by atoms with Gasteiger partial charge in [-0.1, -0.05) is 23.2 Å². The lowest BCUT2D eigenvalue weighted by atomic mass is 10.1. The maximum atomic E-state index is 5.83. The Morgan fingerprint density at radius 2 is 1.80 bits per heavy atom. The van der Waals surface area contributed by atoms with Gasteiger partial charge in [-0.05, 0) is 39.7 Å². The second-order valence-corrected chi connectivity index (χ2v) is 4.48. The molecule has 0 aromatic carbocycles. The fourth-order valence-corrected chi connectivity index (χ4v) is 1.98. The Kier molecular flexibility index (Phi) is 3.24. The Bertz CT molecular complexity index is 503. The molecule has 15 heavy (non-hydrogen) atoms. The molecule has 0 atom stereocenters. The normalized spacial score (nSPS) is 10.3. The molecule has 2 aromatic rings. The van der Waals surface area contributed by atoms with Crippen molar-refractivity contribution < 1.29 is 0 Å². The summed E-state index contributed by atoms with van der Waals surface area (Å²) in [6, 6.07) is 5.41. The summed E-state index contributed by atoms with van der Waals surface area (Å²) in [4.78, 5) is 7.88. The molecule has 0 amide bonds. The number of nitrogens with zero attached hydrogens (tertiary/aromatic N) is 2. The highest BCUT2D eigenvalue weighted by Crippen LogP contribution is 2.30. The van der Waals surface area contributed by atoms with E-state index in [2.05, 4.69) is 25.9 Å². The lowest BCUT2D eigenvalue weighted by molar-refractivity contribution is 1.29. The first-order valence-corrected chi connectivity index (χ1v) is 5.64. The van der Waals surface area contributed by atoms with Gasteiger partial charge in [-0.15, -0.1) is 0 Å². The first-order chi connectivity index (χ1) is 7.16. The lowest BCUT2D eigenvalue weighted by Gasteiger charge is -2.04. The zero-order valence-corrected chi connectivity index (χ0v) is 10.5. The van der Waals surface area contributed by atoms with Crippen LogP contribution in [-0.4, -0.2) is 9.97 Å². The monoisotopic (exact) mass is 302 g/mol. The number of pyridine rings is 2. The molecule has 0 aliphatic rings. The molecule has 2 rings (SSSR count). The van der Waals surface area contributed by atoms with Gasteiger partial charge in [0.15, 0.2) is 0 Å². The van der Waals surface area contributed by atoms with Crippen LogP contribution in [0.15, 0.2) is 35.1 Å². The van der Waals surface area contributed by atoms with E-state index in [0.717, 1.165) is 15.6 Å². The van der Waals surface area contributed by atoms with E-state index in [1.165, 1.54) is 0 Å². The predicted octanol–water partition coefficient (Wildman–Crippen LogP) is 4.21. The summed E-state index contributed by atoms with van der Waals surface area (Å²) in [6.45, 7) is 0. The van der Waals surface area contributed by atoms with Crippen LogP contribution >= 0.6 is 39.1 Å². The van der Waals surface area contributed by atoms with Gasteiger partial charge in [0, 0.05) is 22.4 Å². The van der Waals surface area contributed by atoms with Crippen LogP contribution in [0.4, 0.5) is 0 Å². The van der Waals surface area contributed by atoms with Crippen molar-refractivity contribution in [1.29, 1.82) is 0 Å². The zero-order valence-electron chi connectivity index (χ0n) is 7.42. The Labute approximate surface area is 105 Å². The Morgan fingerprint density at radius 3 is 2.53 bits per heavy atom. The van der Waals surface area contributed by atoms with Crippen LogP contribution in [0.2, 0.25) is 10.3 Å². The van der Waals surface area contributed by atoms with Gasteiger partial charge in [0.2, 0.25) is 0 Å². The van der Waals surface area contributed by atoms with E-state index in [1.807, 2.05) is 6.07 Å². The third-order valence-corrected chi connectivity index (χ3v) is 2.90. The zero-order chi connectivity index (χ0) is 10.8. The molecular weight excluding hydrogens is 299 g/mol. The molecule has 0 spiro atoms.